The van der Waals surface area contributed by atoms with Crippen LogP contribution < -0.4 is 5.73 Å². The summed E-state index contributed by atoms with van der Waals surface area (Å²) in [6.07, 6.45) is 7.17. The van der Waals surface area contributed by atoms with Gasteiger partial charge in [0.05, 0.1) is 0 Å². The van der Waals surface area contributed by atoms with Crippen molar-refractivity contribution in [2.24, 2.45) is 0 Å². The van der Waals surface area contributed by atoms with E-state index in [-0.39, 0.29) is 5.78 Å². The number of nitrogens with zero attached hydrogens (tertiary/aromatic N) is 1. The molecule has 0 spiro atoms. The van der Waals surface area contributed by atoms with Crippen molar-refractivity contribution >= 4 is 28.2 Å². The van der Waals surface area contributed by atoms with Crippen LogP contribution >= 0.6 is 0 Å². The molecule has 2 aliphatic heterocycles. The Morgan fingerprint density at radius 2 is 2.22 bits per heavy atom. The van der Waals surface area contributed by atoms with Gasteiger partial charge < -0.3 is 10.2 Å². The average Bonchev–Trinajstić information content (AvgIpc) is 2.89. The minimum atomic E-state index is 0.0636. The Kier molecular flexibility index (Phi) is 3.49. The van der Waals surface area contributed by atoms with Gasteiger partial charge in [0, 0.05) is 29.1 Å². The third-order valence-electron chi connectivity index (χ3n) is 5.22. The summed E-state index contributed by atoms with van der Waals surface area (Å²) in [5.74, 6) is 0.532. The molecule has 1 saturated heterocycles. The predicted molar refractivity (Wildman–Crippen MR) is 92.4 cm³/mol. The van der Waals surface area contributed by atoms with Gasteiger partial charge in [-0.1, -0.05) is 12.5 Å². The highest BCUT2D eigenvalue weighted by Gasteiger charge is 2.28. The minimum Gasteiger partial charge on any atom is -0.440 e. The lowest BCUT2D eigenvalue weighted by molar-refractivity contribution is 0.101. The van der Waals surface area contributed by atoms with E-state index in [0.29, 0.717) is 17.5 Å². The highest BCUT2D eigenvalue weighted by molar-refractivity contribution is 6.02. The number of nitrogen functional groups attached to an aromatic ring is 1. The van der Waals surface area contributed by atoms with Gasteiger partial charge in [-0.25, -0.2) is 0 Å². The smallest absolute Gasteiger partial charge is 0.199 e. The average molecular weight is 310 g/mol. The molecule has 2 aromatic rings. The van der Waals surface area contributed by atoms with Crippen LogP contribution in [0.25, 0.3) is 16.5 Å². The van der Waals surface area contributed by atoms with Crippen LogP contribution in [0.3, 0.4) is 0 Å². The molecule has 4 nitrogen and oxygen atoms in total. The summed E-state index contributed by atoms with van der Waals surface area (Å²) in [7, 11) is 0. The molecule has 2 N–H and O–H groups in total. The van der Waals surface area contributed by atoms with E-state index in [0.717, 1.165) is 29.5 Å². The standard InChI is InChI=1S/C19H22N2O2/c1-12(22)13-5-6-17-16(11-13)18(19(20)23-17)14-7-9-21-8-3-2-4-15(21)10-14/h5-7,11,15H,2-4,8-10,20H2,1H3. The first-order chi connectivity index (χ1) is 11.1. The van der Waals surface area contributed by atoms with Crippen molar-refractivity contribution in [3.63, 3.8) is 0 Å². The van der Waals surface area contributed by atoms with E-state index in [2.05, 4.69) is 11.0 Å². The molecule has 0 bridgehead atoms. The Labute approximate surface area is 135 Å². The molecule has 1 fully saturated rings. The molecule has 120 valence electrons. The summed E-state index contributed by atoms with van der Waals surface area (Å²) in [4.78, 5) is 14.3. The number of piperidine rings is 1. The third-order valence-corrected chi connectivity index (χ3v) is 5.22. The Bertz CT molecular complexity index is 803. The number of hydrogen-bond acceptors (Lipinski definition) is 4. The van der Waals surface area contributed by atoms with Gasteiger partial charge in [-0.3, -0.25) is 9.69 Å². The summed E-state index contributed by atoms with van der Waals surface area (Å²) < 4.78 is 5.74. The van der Waals surface area contributed by atoms with Crippen LogP contribution in [0.5, 0.6) is 0 Å². The number of carbonyl (C=O) groups is 1. The van der Waals surface area contributed by atoms with Gasteiger partial charge in [0.15, 0.2) is 11.7 Å². The molecule has 3 heterocycles. The third kappa shape index (κ3) is 2.47. The number of ketones is 1. The van der Waals surface area contributed by atoms with E-state index in [1.54, 1.807) is 13.0 Å². The molecule has 0 amide bonds. The van der Waals surface area contributed by atoms with E-state index < -0.39 is 0 Å². The maximum absolute atomic E-state index is 11.7. The molecule has 0 aliphatic carbocycles. The summed E-state index contributed by atoms with van der Waals surface area (Å²) in [5.41, 5.74) is 9.90. The summed E-state index contributed by atoms with van der Waals surface area (Å²) in [6.45, 7) is 3.77. The first-order valence-electron chi connectivity index (χ1n) is 8.40. The van der Waals surface area contributed by atoms with E-state index in [9.17, 15) is 4.79 Å². The van der Waals surface area contributed by atoms with Crippen LogP contribution in [0.4, 0.5) is 5.88 Å². The van der Waals surface area contributed by atoms with Crippen molar-refractivity contribution in [3.8, 4) is 0 Å². The number of fused-ring (bicyclic) bond motifs is 2. The number of hydrogen-bond donors (Lipinski definition) is 1. The molecular weight excluding hydrogens is 288 g/mol. The van der Waals surface area contributed by atoms with Crippen molar-refractivity contribution in [1.29, 1.82) is 0 Å². The second kappa shape index (κ2) is 5.53. The van der Waals surface area contributed by atoms with Crippen LogP contribution in [0.15, 0.2) is 28.7 Å². The first-order valence-corrected chi connectivity index (χ1v) is 8.40. The Morgan fingerprint density at radius 1 is 1.35 bits per heavy atom. The molecule has 4 rings (SSSR count). The van der Waals surface area contributed by atoms with Gasteiger partial charge in [-0.2, -0.15) is 0 Å². The molecule has 23 heavy (non-hydrogen) atoms. The largest absolute Gasteiger partial charge is 0.440 e. The van der Waals surface area contributed by atoms with Crippen LogP contribution in [-0.2, 0) is 0 Å². The second-order valence-corrected chi connectivity index (χ2v) is 6.69. The summed E-state index contributed by atoms with van der Waals surface area (Å²) in [6, 6.07) is 6.18. The number of nitrogens with two attached hydrogens (primary N) is 1. The Morgan fingerprint density at radius 3 is 3.04 bits per heavy atom. The molecule has 1 unspecified atom stereocenters. The number of benzene rings is 1. The molecule has 4 heteroatoms. The highest BCUT2D eigenvalue weighted by Crippen LogP contribution is 2.39. The fourth-order valence-electron chi connectivity index (χ4n) is 3.97. The fraction of sp³-hybridized carbons (Fsp3) is 0.421. The van der Waals surface area contributed by atoms with E-state index >= 15 is 0 Å². The molecule has 1 atom stereocenters. The monoisotopic (exact) mass is 310 g/mol. The molecule has 0 saturated carbocycles. The molecule has 0 radical (unpaired) electrons. The van der Waals surface area contributed by atoms with E-state index in [1.165, 1.54) is 31.4 Å². The predicted octanol–water partition coefficient (Wildman–Crippen LogP) is 3.86. The highest BCUT2D eigenvalue weighted by atomic mass is 16.3. The first kappa shape index (κ1) is 14.5. The van der Waals surface area contributed by atoms with Gasteiger partial charge in [0.1, 0.15) is 5.58 Å². The lowest BCUT2D eigenvalue weighted by Gasteiger charge is -2.38. The fourth-order valence-corrected chi connectivity index (χ4v) is 3.97. The lowest BCUT2D eigenvalue weighted by atomic mass is 9.88. The van der Waals surface area contributed by atoms with Gasteiger partial charge >= 0.3 is 0 Å². The van der Waals surface area contributed by atoms with Gasteiger partial charge in [0.25, 0.3) is 0 Å². The quantitative estimate of drug-likeness (QED) is 0.856. The molecular formula is C19H22N2O2. The van der Waals surface area contributed by atoms with Gasteiger partial charge in [-0.05, 0) is 56.5 Å². The number of anilines is 1. The summed E-state index contributed by atoms with van der Waals surface area (Å²) in [5, 5.41) is 0.964. The zero-order valence-electron chi connectivity index (χ0n) is 13.5. The number of carbonyl (C=O) groups excluding carboxylic acids is 1. The lowest BCUT2D eigenvalue weighted by Crippen LogP contribution is -2.41. The van der Waals surface area contributed by atoms with Crippen molar-refractivity contribution in [1.82, 2.24) is 4.90 Å². The zero-order chi connectivity index (χ0) is 16.0. The zero-order valence-corrected chi connectivity index (χ0v) is 13.5. The molecule has 1 aromatic heterocycles. The van der Waals surface area contributed by atoms with Crippen LogP contribution in [-0.4, -0.2) is 29.8 Å². The molecule has 2 aliphatic rings. The van der Waals surface area contributed by atoms with Crippen molar-refractivity contribution in [2.75, 3.05) is 18.8 Å². The van der Waals surface area contributed by atoms with E-state index in [4.69, 9.17) is 10.2 Å². The van der Waals surface area contributed by atoms with Crippen molar-refractivity contribution in [3.05, 3.63) is 35.4 Å². The van der Waals surface area contributed by atoms with Gasteiger partial charge in [-0.15, -0.1) is 0 Å². The second-order valence-electron chi connectivity index (χ2n) is 6.69. The summed E-state index contributed by atoms with van der Waals surface area (Å²) >= 11 is 0. The van der Waals surface area contributed by atoms with Gasteiger partial charge in [0.2, 0.25) is 0 Å². The number of rotatable bonds is 2. The van der Waals surface area contributed by atoms with E-state index in [1.807, 2.05) is 12.1 Å². The molecule has 1 aromatic carbocycles. The van der Waals surface area contributed by atoms with Crippen LogP contribution in [0.2, 0.25) is 0 Å². The maximum Gasteiger partial charge on any atom is 0.199 e. The number of furan rings is 1. The van der Waals surface area contributed by atoms with Crippen molar-refractivity contribution in [2.45, 2.75) is 38.6 Å². The topological polar surface area (TPSA) is 59.5 Å². The maximum atomic E-state index is 11.7. The van der Waals surface area contributed by atoms with Crippen LogP contribution in [0, 0.1) is 0 Å². The normalized spacial score (nSPS) is 22.0. The SMILES string of the molecule is CC(=O)c1ccc2oc(N)c(C3=CCN4CCCCC4C3)c2c1. The van der Waals surface area contributed by atoms with Crippen LogP contribution in [0.1, 0.15) is 48.5 Å². The van der Waals surface area contributed by atoms with Crippen molar-refractivity contribution < 1.29 is 9.21 Å². The number of Topliss-reactive ketones (excluding diaryl/α,β-unsaturated/α-hetero) is 1. The minimum absolute atomic E-state index is 0.0636. The Hall–Kier alpha value is -2.07. The Balaban J connectivity index is 1.78.